The maximum atomic E-state index is 4.48. The molecule has 292 valence electrons. The Morgan fingerprint density at radius 2 is 0.400 bits per heavy atom. The Labute approximate surface area is 351 Å². The molecule has 0 heterocycles. The van der Waals surface area contributed by atoms with Gasteiger partial charge in [0.15, 0.2) is 0 Å². The lowest BCUT2D eigenvalue weighted by Gasteiger charge is -2.25. The molecule has 0 bridgehead atoms. The molecule has 0 aliphatic carbocycles. The summed E-state index contributed by atoms with van der Waals surface area (Å²) in [6.07, 6.45) is 0. The molecule has 0 atom stereocenters. The van der Waals surface area contributed by atoms with Gasteiger partial charge in [-0.2, -0.15) is 30.7 Å². The van der Waals surface area contributed by atoms with Gasteiger partial charge < -0.3 is 9.80 Å². The molecular formula is C52H44N8. The largest absolute Gasteiger partial charge is 0.363 e. The molecule has 0 spiro atoms. The van der Waals surface area contributed by atoms with Crippen LogP contribution < -0.4 is 9.80 Å². The highest BCUT2D eigenvalue weighted by Crippen LogP contribution is 2.29. The minimum absolute atomic E-state index is 0.716. The van der Waals surface area contributed by atoms with Crippen LogP contribution in [0.15, 0.2) is 249 Å². The number of nitrogens with zero attached hydrogens (tertiary/aromatic N) is 8. The Morgan fingerprint density at radius 3 is 0.600 bits per heavy atom. The summed E-state index contributed by atoms with van der Waals surface area (Å²) in [5.41, 5.74) is 11.7. The lowest BCUT2D eigenvalue weighted by atomic mass is 10.1. The van der Waals surface area contributed by atoms with Crippen LogP contribution in [0, 0.1) is 0 Å². The Morgan fingerprint density at radius 1 is 0.217 bits per heavy atom. The monoisotopic (exact) mass is 780 g/mol. The zero-order chi connectivity index (χ0) is 40.6. The number of benzene rings is 8. The van der Waals surface area contributed by atoms with Crippen molar-refractivity contribution in [2.45, 2.75) is 26.2 Å². The summed E-state index contributed by atoms with van der Waals surface area (Å²) >= 11 is 0. The van der Waals surface area contributed by atoms with Crippen molar-refractivity contribution in [2.24, 2.45) is 30.7 Å². The lowest BCUT2D eigenvalue weighted by molar-refractivity contribution is 0.800. The molecule has 0 saturated carbocycles. The van der Waals surface area contributed by atoms with Crippen molar-refractivity contribution in [1.82, 2.24) is 0 Å². The third-order valence-corrected chi connectivity index (χ3v) is 9.84. The van der Waals surface area contributed by atoms with E-state index in [2.05, 4.69) is 162 Å². The Balaban J connectivity index is 0.845. The van der Waals surface area contributed by atoms with Crippen molar-refractivity contribution in [1.29, 1.82) is 0 Å². The van der Waals surface area contributed by atoms with Gasteiger partial charge in [0, 0.05) is 37.6 Å². The summed E-state index contributed by atoms with van der Waals surface area (Å²) in [6.45, 7) is 3.22. The van der Waals surface area contributed by atoms with Gasteiger partial charge in [-0.1, -0.05) is 121 Å². The van der Waals surface area contributed by atoms with E-state index in [0.717, 1.165) is 60.3 Å². The first-order valence-electron chi connectivity index (χ1n) is 20.0. The van der Waals surface area contributed by atoms with Gasteiger partial charge in [-0.05, 0) is 119 Å². The molecule has 8 heteroatoms. The van der Waals surface area contributed by atoms with Crippen LogP contribution in [-0.4, -0.2) is 0 Å². The Hall–Kier alpha value is -7.84. The van der Waals surface area contributed by atoms with E-state index < -0.39 is 0 Å². The number of rotatable bonds is 16. The van der Waals surface area contributed by atoms with E-state index >= 15 is 0 Å². The molecular weight excluding hydrogens is 737 g/mol. The number of hydrogen-bond donors (Lipinski definition) is 0. The second-order valence-corrected chi connectivity index (χ2v) is 14.3. The highest BCUT2D eigenvalue weighted by atomic mass is 15.1. The summed E-state index contributed by atoms with van der Waals surface area (Å²) in [5, 5.41) is 26.7. The molecule has 0 N–H and O–H groups in total. The molecule has 8 rings (SSSR count). The van der Waals surface area contributed by atoms with E-state index in [9.17, 15) is 0 Å². The minimum Gasteiger partial charge on any atom is -0.363 e. The molecule has 8 aromatic carbocycles. The topological polar surface area (TPSA) is 80.6 Å². The smallest absolute Gasteiger partial charge is 0.0858 e. The van der Waals surface area contributed by atoms with Crippen molar-refractivity contribution in [2.75, 3.05) is 9.80 Å². The number of hydrogen-bond acceptors (Lipinski definition) is 8. The minimum atomic E-state index is 0.716. The van der Waals surface area contributed by atoms with Crippen LogP contribution >= 0.6 is 0 Å². The standard InChI is InChI=1S/C52H44N8/c1-5-13-41(14-6-1)37-59(38-42-15-7-2-8-16-42)51-33-29-49(30-34-51)57-55-47-25-21-45(22-26-47)53-54-46-23-27-48(28-24-46)56-58-50-31-35-52(36-32-50)60(39-43-17-9-3-10-18-43)40-44-19-11-4-12-20-44/h1-36H,37-40H2/b54-53+,57-55+,58-56+. The molecule has 0 unspecified atom stereocenters. The third-order valence-electron chi connectivity index (χ3n) is 9.84. The zero-order valence-electron chi connectivity index (χ0n) is 33.2. The molecule has 8 nitrogen and oxygen atoms in total. The first-order chi connectivity index (χ1) is 29.7. The average Bonchev–Trinajstić information content (AvgIpc) is 3.31. The fourth-order valence-corrected chi connectivity index (χ4v) is 6.67. The first-order valence-corrected chi connectivity index (χ1v) is 20.0. The van der Waals surface area contributed by atoms with Crippen LogP contribution in [0.5, 0.6) is 0 Å². The van der Waals surface area contributed by atoms with E-state index in [1.807, 2.05) is 97.1 Å². The van der Waals surface area contributed by atoms with Crippen molar-refractivity contribution in [3.05, 3.63) is 241 Å². The van der Waals surface area contributed by atoms with Crippen molar-refractivity contribution in [3.8, 4) is 0 Å². The molecule has 0 radical (unpaired) electrons. The van der Waals surface area contributed by atoms with Crippen molar-refractivity contribution >= 4 is 45.5 Å². The predicted molar refractivity (Wildman–Crippen MR) is 244 cm³/mol. The fraction of sp³-hybridized carbons (Fsp3) is 0.0769. The average molecular weight is 781 g/mol. The van der Waals surface area contributed by atoms with E-state index in [0.29, 0.717) is 11.4 Å². The summed E-state index contributed by atoms with van der Waals surface area (Å²) in [4.78, 5) is 4.74. The third kappa shape index (κ3) is 11.4. The lowest BCUT2D eigenvalue weighted by Crippen LogP contribution is -2.21. The van der Waals surface area contributed by atoms with Crippen LogP contribution in [0.3, 0.4) is 0 Å². The van der Waals surface area contributed by atoms with Crippen LogP contribution in [0.2, 0.25) is 0 Å². The maximum Gasteiger partial charge on any atom is 0.0858 e. The van der Waals surface area contributed by atoms with Crippen LogP contribution in [0.1, 0.15) is 22.3 Å². The number of anilines is 2. The molecule has 0 aliphatic rings. The first kappa shape index (κ1) is 39.0. The highest BCUT2D eigenvalue weighted by molar-refractivity contribution is 5.56. The zero-order valence-corrected chi connectivity index (χ0v) is 33.2. The van der Waals surface area contributed by atoms with Gasteiger partial charge >= 0.3 is 0 Å². The molecule has 0 fully saturated rings. The molecule has 0 amide bonds. The highest BCUT2D eigenvalue weighted by Gasteiger charge is 2.11. The second-order valence-electron chi connectivity index (χ2n) is 14.3. The van der Waals surface area contributed by atoms with Gasteiger partial charge in [-0.3, -0.25) is 0 Å². The van der Waals surface area contributed by atoms with E-state index in [1.165, 1.54) is 22.3 Å². The van der Waals surface area contributed by atoms with Gasteiger partial charge in [0.05, 0.1) is 34.1 Å². The quantitative estimate of drug-likeness (QED) is 0.0915. The van der Waals surface area contributed by atoms with Gasteiger partial charge in [0.25, 0.3) is 0 Å². The van der Waals surface area contributed by atoms with Crippen molar-refractivity contribution < 1.29 is 0 Å². The SMILES string of the molecule is c1ccc(CN(Cc2ccccc2)c2ccc(/N=N/c3ccc(/N=N/c4ccc(/N=N/c5ccc(N(Cc6ccccc6)Cc6ccccc6)cc5)cc4)cc3)cc2)cc1. The summed E-state index contributed by atoms with van der Waals surface area (Å²) in [5.74, 6) is 0. The molecule has 0 saturated heterocycles. The fourth-order valence-electron chi connectivity index (χ4n) is 6.67. The molecule has 0 aromatic heterocycles. The Kier molecular flexibility index (Phi) is 13.0. The van der Waals surface area contributed by atoms with E-state index in [-0.39, 0.29) is 0 Å². The predicted octanol–water partition coefficient (Wildman–Crippen LogP) is 15.3. The van der Waals surface area contributed by atoms with Gasteiger partial charge in [-0.15, -0.1) is 0 Å². The summed E-state index contributed by atoms with van der Waals surface area (Å²) < 4.78 is 0. The summed E-state index contributed by atoms with van der Waals surface area (Å²) in [6, 6.07) is 73.6. The van der Waals surface area contributed by atoms with Gasteiger partial charge in [0.1, 0.15) is 0 Å². The van der Waals surface area contributed by atoms with Crippen LogP contribution in [0.4, 0.5) is 45.5 Å². The Bertz CT molecular complexity index is 2330. The molecule has 60 heavy (non-hydrogen) atoms. The molecule has 0 aliphatic heterocycles. The van der Waals surface area contributed by atoms with E-state index in [4.69, 9.17) is 0 Å². The van der Waals surface area contributed by atoms with Crippen LogP contribution in [-0.2, 0) is 26.2 Å². The van der Waals surface area contributed by atoms with Crippen LogP contribution in [0.25, 0.3) is 0 Å². The van der Waals surface area contributed by atoms with E-state index in [1.54, 1.807) is 0 Å². The maximum absolute atomic E-state index is 4.48. The second kappa shape index (κ2) is 20.0. The number of azo groups is 3. The van der Waals surface area contributed by atoms with Gasteiger partial charge in [0.2, 0.25) is 0 Å². The summed E-state index contributed by atoms with van der Waals surface area (Å²) in [7, 11) is 0. The molecule has 8 aromatic rings. The van der Waals surface area contributed by atoms with Crippen molar-refractivity contribution in [3.63, 3.8) is 0 Å². The normalized spacial score (nSPS) is 11.4. The van der Waals surface area contributed by atoms with Gasteiger partial charge in [-0.25, -0.2) is 0 Å².